The number of alkyl halides is 1. The Kier molecular flexibility index (Phi) is 3.73. The molecule has 0 aromatic heterocycles. The van der Waals surface area contributed by atoms with Crippen molar-refractivity contribution in [2.24, 2.45) is 10.3 Å². The van der Waals surface area contributed by atoms with E-state index in [0.717, 1.165) is 23.8 Å². The SMILES string of the molecule is O=S1(=NC2CCC(CI)CC2)CCC1. The van der Waals surface area contributed by atoms with E-state index in [9.17, 15) is 4.21 Å². The van der Waals surface area contributed by atoms with Crippen molar-refractivity contribution < 1.29 is 4.21 Å². The molecule has 2 rings (SSSR count). The van der Waals surface area contributed by atoms with Crippen molar-refractivity contribution in [1.29, 1.82) is 0 Å². The van der Waals surface area contributed by atoms with Crippen molar-refractivity contribution in [2.75, 3.05) is 15.9 Å². The molecule has 0 aromatic carbocycles. The zero-order valence-electron chi connectivity index (χ0n) is 8.45. The molecule has 0 aromatic rings. The minimum atomic E-state index is -1.69. The van der Waals surface area contributed by atoms with Crippen LogP contribution in [0.15, 0.2) is 4.36 Å². The predicted octanol–water partition coefficient (Wildman–Crippen LogP) is 2.85. The van der Waals surface area contributed by atoms with Gasteiger partial charge in [0.2, 0.25) is 0 Å². The van der Waals surface area contributed by atoms with Crippen LogP contribution in [0.25, 0.3) is 0 Å². The van der Waals surface area contributed by atoms with Gasteiger partial charge in [0, 0.05) is 25.7 Å². The van der Waals surface area contributed by atoms with E-state index in [0.29, 0.717) is 6.04 Å². The fourth-order valence-corrected chi connectivity index (χ4v) is 4.80. The molecule has 0 amide bonds. The Morgan fingerprint density at radius 2 is 1.86 bits per heavy atom. The van der Waals surface area contributed by atoms with E-state index >= 15 is 0 Å². The third-order valence-corrected chi connectivity index (χ3v) is 7.08. The van der Waals surface area contributed by atoms with Crippen LogP contribution in [0.4, 0.5) is 0 Å². The molecule has 0 atom stereocenters. The molecule has 1 saturated carbocycles. The number of rotatable bonds is 2. The van der Waals surface area contributed by atoms with Crippen LogP contribution in [0.3, 0.4) is 0 Å². The molecule has 0 spiro atoms. The standard InChI is InChI=1S/C10H18INOS/c11-8-9-2-4-10(5-3-9)12-14(13)6-1-7-14/h9-10H,1-8H2. The fourth-order valence-electron chi connectivity index (χ4n) is 2.17. The summed E-state index contributed by atoms with van der Waals surface area (Å²) in [5, 5.41) is 0. The maximum Gasteiger partial charge on any atom is 0.0594 e. The van der Waals surface area contributed by atoms with Gasteiger partial charge in [-0.05, 0) is 38.0 Å². The Morgan fingerprint density at radius 3 is 2.29 bits per heavy atom. The first-order valence-corrected chi connectivity index (χ1v) is 8.87. The summed E-state index contributed by atoms with van der Waals surface area (Å²) in [6.07, 6.45) is 6.10. The summed E-state index contributed by atoms with van der Waals surface area (Å²) in [5.41, 5.74) is 0. The highest BCUT2D eigenvalue weighted by atomic mass is 127. The van der Waals surface area contributed by atoms with Gasteiger partial charge in [-0.1, -0.05) is 22.6 Å². The van der Waals surface area contributed by atoms with Crippen LogP contribution in [-0.4, -0.2) is 26.2 Å². The normalized spacial score (nSPS) is 36.1. The van der Waals surface area contributed by atoms with Crippen molar-refractivity contribution in [3.8, 4) is 0 Å². The lowest BCUT2D eigenvalue weighted by molar-refractivity contribution is 0.358. The zero-order valence-corrected chi connectivity index (χ0v) is 11.4. The number of halogens is 1. The highest BCUT2D eigenvalue weighted by Crippen LogP contribution is 2.29. The highest BCUT2D eigenvalue weighted by Gasteiger charge is 2.24. The summed E-state index contributed by atoms with van der Waals surface area (Å²) < 4.78 is 17.7. The van der Waals surface area contributed by atoms with Crippen molar-refractivity contribution in [2.45, 2.75) is 38.1 Å². The largest absolute Gasteiger partial charge is 0.250 e. The van der Waals surface area contributed by atoms with E-state index in [1.165, 1.54) is 30.1 Å². The van der Waals surface area contributed by atoms with Crippen molar-refractivity contribution >= 4 is 32.3 Å². The first-order valence-electron chi connectivity index (χ1n) is 5.49. The summed E-state index contributed by atoms with van der Waals surface area (Å²) in [5.74, 6) is 2.65. The van der Waals surface area contributed by atoms with Gasteiger partial charge in [-0.15, -0.1) is 0 Å². The van der Waals surface area contributed by atoms with E-state index in [2.05, 4.69) is 27.0 Å². The second-order valence-corrected chi connectivity index (χ2v) is 7.92. The minimum absolute atomic E-state index is 0.432. The molecule has 0 radical (unpaired) electrons. The van der Waals surface area contributed by atoms with Crippen LogP contribution in [0.1, 0.15) is 32.1 Å². The summed E-state index contributed by atoms with van der Waals surface area (Å²) in [6, 6.07) is 0.432. The first-order chi connectivity index (χ1) is 6.72. The summed E-state index contributed by atoms with van der Waals surface area (Å²) in [6.45, 7) is 0. The molecular weight excluding hydrogens is 309 g/mol. The molecule has 2 aliphatic rings. The summed E-state index contributed by atoms with van der Waals surface area (Å²) in [4.78, 5) is 0. The molecule has 14 heavy (non-hydrogen) atoms. The fraction of sp³-hybridized carbons (Fsp3) is 1.00. The van der Waals surface area contributed by atoms with E-state index in [1.807, 2.05) is 0 Å². The van der Waals surface area contributed by atoms with Gasteiger partial charge in [-0.25, -0.2) is 8.57 Å². The molecule has 1 heterocycles. The molecule has 82 valence electrons. The van der Waals surface area contributed by atoms with Crippen LogP contribution in [0, 0.1) is 5.92 Å². The second-order valence-electron chi connectivity index (χ2n) is 4.47. The molecule has 1 saturated heterocycles. The van der Waals surface area contributed by atoms with Gasteiger partial charge in [0.15, 0.2) is 0 Å². The van der Waals surface area contributed by atoms with Crippen LogP contribution in [-0.2, 0) is 9.73 Å². The van der Waals surface area contributed by atoms with Crippen molar-refractivity contribution in [1.82, 2.24) is 0 Å². The molecule has 4 heteroatoms. The monoisotopic (exact) mass is 327 g/mol. The van der Waals surface area contributed by atoms with E-state index < -0.39 is 9.73 Å². The first kappa shape index (κ1) is 11.2. The topological polar surface area (TPSA) is 29.4 Å². The van der Waals surface area contributed by atoms with Crippen LogP contribution in [0.2, 0.25) is 0 Å². The lowest BCUT2D eigenvalue weighted by Gasteiger charge is -2.27. The number of hydrogen-bond acceptors (Lipinski definition) is 2. The third kappa shape index (κ3) is 2.62. The Hall–Kier alpha value is 0.680. The van der Waals surface area contributed by atoms with E-state index in [-0.39, 0.29) is 0 Å². The Labute approximate surface area is 101 Å². The minimum Gasteiger partial charge on any atom is -0.250 e. The summed E-state index contributed by atoms with van der Waals surface area (Å²) >= 11 is 2.47. The van der Waals surface area contributed by atoms with Crippen LogP contribution in [0.5, 0.6) is 0 Å². The quantitative estimate of drug-likeness (QED) is 0.566. The maximum absolute atomic E-state index is 11.9. The van der Waals surface area contributed by atoms with Gasteiger partial charge in [0.1, 0.15) is 0 Å². The Balaban J connectivity index is 1.90. The van der Waals surface area contributed by atoms with Crippen molar-refractivity contribution in [3.05, 3.63) is 0 Å². The van der Waals surface area contributed by atoms with E-state index in [1.54, 1.807) is 0 Å². The van der Waals surface area contributed by atoms with Crippen molar-refractivity contribution in [3.63, 3.8) is 0 Å². The average Bonchev–Trinajstić information content (AvgIpc) is 2.17. The third-order valence-electron chi connectivity index (χ3n) is 3.30. The number of nitrogens with zero attached hydrogens (tertiary/aromatic N) is 1. The predicted molar refractivity (Wildman–Crippen MR) is 69.6 cm³/mol. The molecular formula is C10H18INOS. The maximum atomic E-state index is 11.9. The molecule has 1 aliphatic heterocycles. The zero-order chi connectivity index (χ0) is 10.0. The molecule has 2 fully saturated rings. The van der Waals surface area contributed by atoms with Gasteiger partial charge in [-0.2, -0.15) is 0 Å². The molecule has 2 nitrogen and oxygen atoms in total. The van der Waals surface area contributed by atoms with Gasteiger partial charge >= 0.3 is 0 Å². The lowest BCUT2D eigenvalue weighted by Crippen LogP contribution is -2.27. The van der Waals surface area contributed by atoms with Crippen LogP contribution >= 0.6 is 22.6 Å². The molecule has 0 N–H and O–H groups in total. The summed E-state index contributed by atoms with van der Waals surface area (Å²) in [7, 11) is -1.69. The van der Waals surface area contributed by atoms with Gasteiger partial charge in [-0.3, -0.25) is 0 Å². The number of hydrogen-bond donors (Lipinski definition) is 0. The average molecular weight is 327 g/mol. The van der Waals surface area contributed by atoms with Gasteiger partial charge in [0.25, 0.3) is 0 Å². The Bertz CT molecular complexity index is 291. The van der Waals surface area contributed by atoms with E-state index in [4.69, 9.17) is 0 Å². The highest BCUT2D eigenvalue weighted by molar-refractivity contribution is 14.1. The second kappa shape index (κ2) is 4.68. The Morgan fingerprint density at radius 1 is 1.21 bits per heavy atom. The van der Waals surface area contributed by atoms with Gasteiger partial charge < -0.3 is 0 Å². The molecule has 0 bridgehead atoms. The smallest absolute Gasteiger partial charge is 0.0594 e. The lowest BCUT2D eigenvalue weighted by atomic mass is 9.88. The molecule has 0 unspecified atom stereocenters. The molecule has 1 aliphatic carbocycles. The van der Waals surface area contributed by atoms with Crippen LogP contribution < -0.4 is 0 Å². The van der Waals surface area contributed by atoms with Gasteiger partial charge in [0.05, 0.1) is 6.04 Å².